The van der Waals surface area contributed by atoms with Gasteiger partial charge in [0.05, 0.1) is 25.4 Å². The molecule has 1 aromatic rings. The highest BCUT2D eigenvalue weighted by Crippen LogP contribution is 2.00. The van der Waals surface area contributed by atoms with Crippen LogP contribution in [0.1, 0.15) is 12.1 Å². The number of aromatic amines is 1. The number of aliphatic hydroxyl groups is 1. The number of aromatic nitrogens is 2. The molecule has 0 aliphatic heterocycles. The molecule has 10 N–H and O–H groups in total. The SMILES string of the molecule is NC(=O)CC(NC(=O)C(N)Cc1cnc[nH]1)C(=O)NC(CO)C(=O)NC(CS)C(=O)O. The number of nitrogens with one attached hydrogen (secondary N) is 4. The van der Waals surface area contributed by atoms with Crippen molar-refractivity contribution in [3.05, 3.63) is 18.2 Å². The van der Waals surface area contributed by atoms with E-state index in [9.17, 15) is 29.1 Å². The standard InChI is InChI=1S/C16H25N7O7S/c17-8(1-7-3-19-6-20-7)13(26)21-9(2-12(18)25)14(27)22-10(4-24)15(28)23-11(5-31)16(29)30/h3,6,8-11,24,31H,1-2,4-5,17H2,(H2,18,25)(H,19,20)(H,21,26)(H,22,27)(H,23,28)(H,29,30). The van der Waals surface area contributed by atoms with Crippen LogP contribution in [0.4, 0.5) is 0 Å². The van der Waals surface area contributed by atoms with E-state index in [2.05, 4.69) is 38.5 Å². The highest BCUT2D eigenvalue weighted by Gasteiger charge is 2.30. The van der Waals surface area contributed by atoms with Gasteiger partial charge in [-0.2, -0.15) is 12.6 Å². The Morgan fingerprint density at radius 3 is 2.13 bits per heavy atom. The van der Waals surface area contributed by atoms with Crippen molar-refractivity contribution in [2.24, 2.45) is 11.5 Å². The Bertz CT molecular complexity index is 789. The number of imidazole rings is 1. The Labute approximate surface area is 181 Å². The second-order valence-electron chi connectivity index (χ2n) is 6.44. The van der Waals surface area contributed by atoms with E-state index < -0.39 is 66.8 Å². The minimum absolute atomic E-state index is 0.0682. The van der Waals surface area contributed by atoms with Crippen molar-refractivity contribution < 1.29 is 34.2 Å². The molecule has 0 saturated heterocycles. The number of thiol groups is 1. The number of hydrogen-bond donors (Lipinski definition) is 9. The maximum absolute atomic E-state index is 12.5. The Hall–Kier alpha value is -3.17. The quantitative estimate of drug-likeness (QED) is 0.129. The summed E-state index contributed by atoms with van der Waals surface area (Å²) in [7, 11) is 0. The maximum Gasteiger partial charge on any atom is 0.327 e. The molecule has 1 heterocycles. The van der Waals surface area contributed by atoms with E-state index in [0.717, 1.165) is 0 Å². The summed E-state index contributed by atoms with van der Waals surface area (Å²) in [6.07, 6.45) is 2.31. The highest BCUT2D eigenvalue weighted by molar-refractivity contribution is 7.80. The smallest absolute Gasteiger partial charge is 0.327 e. The summed E-state index contributed by atoms with van der Waals surface area (Å²) in [4.78, 5) is 65.8. The lowest BCUT2D eigenvalue weighted by Gasteiger charge is -2.23. The van der Waals surface area contributed by atoms with Crippen LogP contribution in [-0.4, -0.2) is 86.3 Å². The Kier molecular flexibility index (Phi) is 10.4. The van der Waals surface area contributed by atoms with Crippen molar-refractivity contribution in [2.45, 2.75) is 37.0 Å². The molecule has 4 unspecified atom stereocenters. The van der Waals surface area contributed by atoms with Crippen LogP contribution in [-0.2, 0) is 30.4 Å². The average molecular weight is 459 g/mol. The number of nitrogens with zero attached hydrogens (tertiary/aromatic N) is 1. The molecular weight excluding hydrogens is 434 g/mol. The third kappa shape index (κ3) is 8.61. The van der Waals surface area contributed by atoms with Crippen LogP contribution in [0.15, 0.2) is 12.5 Å². The van der Waals surface area contributed by atoms with Gasteiger partial charge in [0.1, 0.15) is 18.1 Å². The summed E-state index contributed by atoms with van der Waals surface area (Å²) >= 11 is 3.79. The fourth-order valence-electron chi connectivity index (χ4n) is 2.34. The molecule has 0 aromatic carbocycles. The van der Waals surface area contributed by atoms with E-state index in [1.54, 1.807) is 0 Å². The Balaban J connectivity index is 2.80. The summed E-state index contributed by atoms with van der Waals surface area (Å²) in [6, 6.07) is -5.49. The zero-order valence-corrected chi connectivity index (χ0v) is 17.2. The first kappa shape index (κ1) is 25.9. The van der Waals surface area contributed by atoms with Crippen LogP contribution in [0.25, 0.3) is 0 Å². The monoisotopic (exact) mass is 459 g/mol. The van der Waals surface area contributed by atoms with Gasteiger partial charge in [-0.15, -0.1) is 0 Å². The van der Waals surface area contributed by atoms with Crippen LogP contribution < -0.4 is 27.4 Å². The minimum Gasteiger partial charge on any atom is -0.480 e. The van der Waals surface area contributed by atoms with E-state index in [1.807, 2.05) is 0 Å². The van der Waals surface area contributed by atoms with E-state index in [4.69, 9.17) is 16.6 Å². The number of primary amides is 1. The number of aliphatic carboxylic acids is 1. The van der Waals surface area contributed by atoms with Crippen molar-refractivity contribution >= 4 is 42.2 Å². The molecule has 172 valence electrons. The number of carboxylic acid groups (broad SMARTS) is 1. The lowest BCUT2D eigenvalue weighted by molar-refractivity contribution is -0.142. The van der Waals surface area contributed by atoms with Crippen LogP contribution in [0.3, 0.4) is 0 Å². The summed E-state index contributed by atoms with van der Waals surface area (Å²) in [6.45, 7) is -0.882. The molecule has 14 nitrogen and oxygen atoms in total. The van der Waals surface area contributed by atoms with Gasteiger partial charge >= 0.3 is 5.97 Å². The van der Waals surface area contributed by atoms with Gasteiger partial charge in [-0.3, -0.25) is 19.2 Å². The normalized spacial score (nSPS) is 14.5. The Morgan fingerprint density at radius 1 is 1.06 bits per heavy atom. The molecule has 0 fully saturated rings. The molecule has 31 heavy (non-hydrogen) atoms. The predicted molar refractivity (Wildman–Crippen MR) is 108 cm³/mol. The van der Waals surface area contributed by atoms with E-state index >= 15 is 0 Å². The van der Waals surface area contributed by atoms with Crippen molar-refractivity contribution in [2.75, 3.05) is 12.4 Å². The van der Waals surface area contributed by atoms with Gasteiger partial charge in [0.15, 0.2) is 0 Å². The van der Waals surface area contributed by atoms with Crippen LogP contribution in [0.5, 0.6) is 0 Å². The van der Waals surface area contributed by atoms with Crippen LogP contribution in [0.2, 0.25) is 0 Å². The van der Waals surface area contributed by atoms with Gasteiger partial charge in [-0.05, 0) is 0 Å². The topological polar surface area (TPSA) is 243 Å². The molecule has 4 amide bonds. The second-order valence-corrected chi connectivity index (χ2v) is 6.81. The zero-order valence-electron chi connectivity index (χ0n) is 16.3. The molecule has 0 aliphatic rings. The second kappa shape index (κ2) is 12.5. The molecule has 0 radical (unpaired) electrons. The first-order chi connectivity index (χ1) is 14.6. The van der Waals surface area contributed by atoms with Crippen molar-refractivity contribution in [3.63, 3.8) is 0 Å². The van der Waals surface area contributed by atoms with Gasteiger partial charge in [0.25, 0.3) is 0 Å². The molecule has 4 atom stereocenters. The number of rotatable bonds is 13. The number of H-pyrrole nitrogens is 1. The number of hydrogen-bond acceptors (Lipinski definition) is 9. The molecular formula is C16H25N7O7S. The largest absolute Gasteiger partial charge is 0.480 e. The third-order valence-electron chi connectivity index (χ3n) is 3.98. The van der Waals surface area contributed by atoms with Crippen molar-refractivity contribution in [3.8, 4) is 0 Å². The fraction of sp³-hybridized carbons (Fsp3) is 0.500. The first-order valence-electron chi connectivity index (χ1n) is 8.95. The highest BCUT2D eigenvalue weighted by atomic mass is 32.1. The number of amides is 4. The third-order valence-corrected chi connectivity index (χ3v) is 4.35. The first-order valence-corrected chi connectivity index (χ1v) is 9.59. The van der Waals surface area contributed by atoms with Gasteiger partial charge in [0, 0.05) is 24.1 Å². The maximum atomic E-state index is 12.5. The van der Waals surface area contributed by atoms with Gasteiger partial charge in [-0.25, -0.2) is 9.78 Å². The fourth-order valence-corrected chi connectivity index (χ4v) is 2.59. The zero-order chi connectivity index (χ0) is 23.6. The summed E-state index contributed by atoms with van der Waals surface area (Å²) in [5.41, 5.74) is 11.5. The lowest BCUT2D eigenvalue weighted by Crippen LogP contribution is -2.59. The van der Waals surface area contributed by atoms with Gasteiger partial charge in [-0.1, -0.05) is 0 Å². The van der Waals surface area contributed by atoms with Crippen molar-refractivity contribution in [1.82, 2.24) is 25.9 Å². The number of nitrogens with two attached hydrogens (primary N) is 2. The van der Waals surface area contributed by atoms with E-state index in [-0.39, 0.29) is 12.2 Å². The predicted octanol–water partition coefficient (Wildman–Crippen LogP) is -4.38. The van der Waals surface area contributed by atoms with Crippen LogP contribution in [0, 0.1) is 0 Å². The number of carbonyl (C=O) groups is 5. The summed E-state index contributed by atoms with van der Waals surface area (Å²) in [5, 5.41) is 24.8. The number of carboxylic acids is 1. The van der Waals surface area contributed by atoms with E-state index in [0.29, 0.717) is 5.69 Å². The van der Waals surface area contributed by atoms with Gasteiger partial charge < -0.3 is 42.6 Å². The molecule has 0 spiro atoms. The number of aliphatic hydroxyl groups excluding tert-OH is 1. The summed E-state index contributed by atoms with van der Waals surface area (Å²) < 4.78 is 0. The van der Waals surface area contributed by atoms with Gasteiger partial charge in [0.2, 0.25) is 23.6 Å². The lowest BCUT2D eigenvalue weighted by atomic mass is 10.1. The molecule has 0 saturated carbocycles. The average Bonchev–Trinajstić information content (AvgIpc) is 3.21. The Morgan fingerprint density at radius 2 is 1.65 bits per heavy atom. The summed E-state index contributed by atoms with van der Waals surface area (Å²) in [5.74, 6) is -5.31. The molecule has 15 heteroatoms. The molecule has 1 aromatic heterocycles. The molecule has 1 rings (SSSR count). The number of carbonyl (C=O) groups excluding carboxylic acids is 4. The van der Waals surface area contributed by atoms with Crippen molar-refractivity contribution in [1.29, 1.82) is 0 Å². The van der Waals surface area contributed by atoms with E-state index in [1.165, 1.54) is 12.5 Å². The molecule has 0 aliphatic carbocycles. The minimum atomic E-state index is -1.56. The van der Waals surface area contributed by atoms with Crippen LogP contribution >= 0.6 is 12.6 Å². The molecule has 0 bridgehead atoms.